The normalized spacial score (nSPS) is 11.7. The number of nitrogens with zero attached hydrogens (tertiary/aromatic N) is 1. The molecule has 0 spiro atoms. The molecule has 19 heavy (non-hydrogen) atoms. The largest absolute Gasteiger partial charge is 0.481 e. The van der Waals surface area contributed by atoms with Crippen LogP contribution in [0.1, 0.15) is 18.4 Å². The van der Waals surface area contributed by atoms with Crippen molar-refractivity contribution < 1.29 is 19.4 Å². The predicted octanol–water partition coefficient (Wildman–Crippen LogP) is -0.101. The number of nitrogens with two attached hydrogens (primary N) is 1. The summed E-state index contributed by atoms with van der Waals surface area (Å²) < 4.78 is 4.91. The number of ether oxygens (including phenoxy) is 1. The Hall–Kier alpha value is -2.15. The van der Waals surface area contributed by atoms with Crippen LogP contribution in [0.3, 0.4) is 0 Å². The summed E-state index contributed by atoms with van der Waals surface area (Å²) in [6, 6.07) is 2.64. The Balaban J connectivity index is 2.38. The Labute approximate surface area is 110 Å². The van der Waals surface area contributed by atoms with Gasteiger partial charge in [-0.3, -0.25) is 9.59 Å². The van der Waals surface area contributed by atoms with E-state index >= 15 is 0 Å². The van der Waals surface area contributed by atoms with Crippen molar-refractivity contribution >= 4 is 11.9 Å². The molecule has 1 aromatic rings. The molecule has 7 heteroatoms. The molecular formula is C12H17N3O4. The molecule has 1 rings (SSSR count). The molecule has 0 aliphatic heterocycles. The van der Waals surface area contributed by atoms with E-state index in [2.05, 4.69) is 10.3 Å². The number of aliphatic carboxylic acids is 1. The number of hydrogen-bond donors (Lipinski definition) is 3. The Morgan fingerprint density at radius 2 is 2.26 bits per heavy atom. The van der Waals surface area contributed by atoms with Gasteiger partial charge >= 0.3 is 5.97 Å². The van der Waals surface area contributed by atoms with Gasteiger partial charge in [-0.05, 0) is 12.0 Å². The number of aromatic nitrogens is 1. The highest BCUT2D eigenvalue weighted by atomic mass is 16.5. The lowest BCUT2D eigenvalue weighted by Crippen LogP contribution is -2.40. The number of pyridine rings is 1. The van der Waals surface area contributed by atoms with Crippen LogP contribution in [0.25, 0.3) is 0 Å². The first-order chi connectivity index (χ1) is 9.02. The van der Waals surface area contributed by atoms with E-state index in [1.807, 2.05) is 0 Å². The van der Waals surface area contributed by atoms with Gasteiger partial charge in [0.15, 0.2) is 0 Å². The third-order valence-electron chi connectivity index (χ3n) is 2.48. The molecule has 0 bridgehead atoms. The predicted molar refractivity (Wildman–Crippen MR) is 67.5 cm³/mol. The number of methoxy groups -OCH3 is 1. The molecule has 7 nitrogen and oxygen atoms in total. The fourth-order valence-electron chi connectivity index (χ4n) is 1.37. The molecule has 0 aliphatic rings. The maximum atomic E-state index is 11.6. The van der Waals surface area contributed by atoms with Gasteiger partial charge in [0.2, 0.25) is 11.8 Å². The Morgan fingerprint density at radius 1 is 1.53 bits per heavy atom. The van der Waals surface area contributed by atoms with Gasteiger partial charge in [-0.15, -0.1) is 0 Å². The fraction of sp³-hybridized carbons (Fsp3) is 0.417. The van der Waals surface area contributed by atoms with Crippen molar-refractivity contribution in [2.75, 3.05) is 7.11 Å². The quantitative estimate of drug-likeness (QED) is 0.635. The van der Waals surface area contributed by atoms with Gasteiger partial charge in [0.1, 0.15) is 0 Å². The zero-order chi connectivity index (χ0) is 14.3. The van der Waals surface area contributed by atoms with Gasteiger partial charge < -0.3 is 20.9 Å². The van der Waals surface area contributed by atoms with Crippen molar-refractivity contribution in [1.29, 1.82) is 0 Å². The SMILES string of the molecule is COc1ccc(CNC(=O)C(N)CCC(=O)O)cn1. The van der Waals surface area contributed by atoms with Crippen LogP contribution >= 0.6 is 0 Å². The summed E-state index contributed by atoms with van der Waals surface area (Å²) in [5.41, 5.74) is 6.37. The van der Waals surface area contributed by atoms with Crippen LogP contribution in [0, 0.1) is 0 Å². The number of nitrogens with one attached hydrogen (secondary N) is 1. The van der Waals surface area contributed by atoms with Crippen LogP contribution in [0.4, 0.5) is 0 Å². The number of carbonyl (C=O) groups excluding carboxylic acids is 1. The average molecular weight is 267 g/mol. The molecule has 0 saturated heterocycles. The van der Waals surface area contributed by atoms with Gasteiger partial charge in [-0.1, -0.05) is 6.07 Å². The molecule has 0 aliphatic carbocycles. The van der Waals surface area contributed by atoms with E-state index in [1.54, 1.807) is 18.3 Å². The van der Waals surface area contributed by atoms with Gasteiger partial charge in [0.25, 0.3) is 0 Å². The second-order valence-corrected chi connectivity index (χ2v) is 3.97. The molecule has 1 amide bonds. The molecule has 4 N–H and O–H groups in total. The van der Waals surface area contributed by atoms with Crippen molar-refractivity contribution in [2.24, 2.45) is 5.73 Å². The summed E-state index contributed by atoms with van der Waals surface area (Å²) in [5.74, 6) is -0.854. The summed E-state index contributed by atoms with van der Waals surface area (Å²) in [6.45, 7) is 0.288. The molecule has 1 atom stereocenters. The maximum absolute atomic E-state index is 11.6. The number of carbonyl (C=O) groups is 2. The zero-order valence-corrected chi connectivity index (χ0v) is 10.6. The number of carboxylic acids is 1. The number of hydrogen-bond acceptors (Lipinski definition) is 5. The minimum atomic E-state index is -0.970. The van der Waals surface area contributed by atoms with Crippen molar-refractivity contribution in [3.05, 3.63) is 23.9 Å². The van der Waals surface area contributed by atoms with Crippen molar-refractivity contribution in [2.45, 2.75) is 25.4 Å². The van der Waals surface area contributed by atoms with E-state index in [1.165, 1.54) is 7.11 Å². The number of amides is 1. The molecule has 0 fully saturated rings. The van der Waals surface area contributed by atoms with Crippen LogP contribution in [-0.2, 0) is 16.1 Å². The van der Waals surface area contributed by atoms with E-state index in [4.69, 9.17) is 15.6 Å². The molecule has 1 unspecified atom stereocenters. The third-order valence-corrected chi connectivity index (χ3v) is 2.48. The first kappa shape index (κ1) is 14.9. The van der Waals surface area contributed by atoms with Gasteiger partial charge in [-0.25, -0.2) is 4.98 Å². The second-order valence-electron chi connectivity index (χ2n) is 3.97. The molecule has 104 valence electrons. The molecule has 0 saturated carbocycles. The smallest absolute Gasteiger partial charge is 0.303 e. The molecule has 0 radical (unpaired) electrons. The first-order valence-electron chi connectivity index (χ1n) is 5.77. The Kier molecular flexibility index (Phi) is 5.74. The monoisotopic (exact) mass is 267 g/mol. The lowest BCUT2D eigenvalue weighted by molar-refractivity contribution is -0.137. The lowest BCUT2D eigenvalue weighted by atomic mass is 10.1. The highest BCUT2D eigenvalue weighted by molar-refractivity contribution is 5.82. The molecule has 0 aromatic carbocycles. The number of rotatable bonds is 7. The summed E-state index contributed by atoms with van der Waals surface area (Å²) >= 11 is 0. The van der Waals surface area contributed by atoms with Crippen LogP contribution in [-0.4, -0.2) is 35.1 Å². The van der Waals surface area contributed by atoms with Gasteiger partial charge in [0.05, 0.1) is 13.2 Å². The standard InChI is InChI=1S/C12H17N3O4/c1-19-10-4-2-8(6-14-10)7-15-12(18)9(13)3-5-11(16)17/h2,4,6,9H,3,5,7,13H2,1H3,(H,15,18)(H,16,17). The van der Waals surface area contributed by atoms with E-state index < -0.39 is 12.0 Å². The van der Waals surface area contributed by atoms with E-state index in [9.17, 15) is 9.59 Å². The molecule has 1 aromatic heterocycles. The summed E-state index contributed by atoms with van der Waals surface area (Å²) in [4.78, 5) is 25.9. The highest BCUT2D eigenvalue weighted by Crippen LogP contribution is 2.06. The van der Waals surface area contributed by atoms with E-state index in [-0.39, 0.29) is 25.3 Å². The van der Waals surface area contributed by atoms with Crippen molar-refractivity contribution in [1.82, 2.24) is 10.3 Å². The van der Waals surface area contributed by atoms with Crippen LogP contribution in [0.5, 0.6) is 5.88 Å². The molecular weight excluding hydrogens is 250 g/mol. The van der Waals surface area contributed by atoms with Crippen LogP contribution in [0.15, 0.2) is 18.3 Å². The van der Waals surface area contributed by atoms with Crippen molar-refractivity contribution in [3.8, 4) is 5.88 Å². The minimum Gasteiger partial charge on any atom is -0.481 e. The molecule has 1 heterocycles. The fourth-order valence-corrected chi connectivity index (χ4v) is 1.37. The highest BCUT2D eigenvalue weighted by Gasteiger charge is 2.14. The Bertz CT molecular complexity index is 433. The first-order valence-corrected chi connectivity index (χ1v) is 5.77. The zero-order valence-electron chi connectivity index (χ0n) is 10.6. The summed E-state index contributed by atoms with van der Waals surface area (Å²) in [5, 5.41) is 11.1. The van der Waals surface area contributed by atoms with Crippen molar-refractivity contribution in [3.63, 3.8) is 0 Å². The maximum Gasteiger partial charge on any atom is 0.303 e. The topological polar surface area (TPSA) is 115 Å². The number of carboxylic acid groups (broad SMARTS) is 1. The summed E-state index contributed by atoms with van der Waals surface area (Å²) in [7, 11) is 1.52. The van der Waals surface area contributed by atoms with Gasteiger partial charge in [0, 0.05) is 25.2 Å². The summed E-state index contributed by atoms with van der Waals surface area (Å²) in [6.07, 6.45) is 1.57. The lowest BCUT2D eigenvalue weighted by Gasteiger charge is -2.11. The minimum absolute atomic E-state index is 0.113. The van der Waals surface area contributed by atoms with Crippen LogP contribution in [0.2, 0.25) is 0 Å². The van der Waals surface area contributed by atoms with E-state index in [0.717, 1.165) is 5.56 Å². The Morgan fingerprint density at radius 3 is 2.79 bits per heavy atom. The van der Waals surface area contributed by atoms with E-state index in [0.29, 0.717) is 5.88 Å². The van der Waals surface area contributed by atoms with Gasteiger partial charge in [-0.2, -0.15) is 0 Å². The third kappa shape index (κ3) is 5.35. The van der Waals surface area contributed by atoms with Crippen LogP contribution < -0.4 is 15.8 Å². The average Bonchev–Trinajstić information content (AvgIpc) is 2.42. The second kappa shape index (κ2) is 7.32.